The number of anilines is 2. The first-order chi connectivity index (χ1) is 23.1. The van der Waals surface area contributed by atoms with Crippen LogP contribution < -0.4 is 20.3 Å². The molecule has 0 spiro atoms. The van der Waals surface area contributed by atoms with Crippen molar-refractivity contribution < 1.29 is 28.0 Å². The van der Waals surface area contributed by atoms with Crippen molar-refractivity contribution in [1.82, 2.24) is 9.71 Å². The maximum absolute atomic E-state index is 13.8. The number of nitrogens with one attached hydrogen (secondary N) is 1. The van der Waals surface area contributed by atoms with Crippen molar-refractivity contribution in [3.8, 4) is 10.4 Å². The molecule has 3 aromatic carbocycles. The number of primary amides is 1. The van der Waals surface area contributed by atoms with Crippen LogP contribution in [-0.2, 0) is 16.6 Å². The van der Waals surface area contributed by atoms with Gasteiger partial charge in [-0.2, -0.15) is 0 Å². The van der Waals surface area contributed by atoms with Crippen molar-refractivity contribution in [3.63, 3.8) is 0 Å². The molecule has 1 fully saturated rings. The second kappa shape index (κ2) is 14.3. The van der Waals surface area contributed by atoms with Gasteiger partial charge in [0.15, 0.2) is 0 Å². The number of benzene rings is 3. The number of amides is 3. The monoisotopic (exact) mass is 706 g/mol. The number of hydrogen-bond acceptors (Lipinski definition) is 8. The highest BCUT2D eigenvalue weighted by Crippen LogP contribution is 2.42. The number of non-ortho nitro benzene ring substituents is 1. The van der Waals surface area contributed by atoms with E-state index in [4.69, 9.17) is 5.73 Å². The minimum absolute atomic E-state index is 0.0154. The third kappa shape index (κ3) is 8.42. The third-order valence-corrected chi connectivity index (χ3v) is 11.2. The van der Waals surface area contributed by atoms with Crippen molar-refractivity contribution in [1.29, 1.82) is 0 Å². The maximum Gasteiger partial charge on any atom is 0.412 e. The Morgan fingerprint density at radius 3 is 2.22 bits per heavy atom. The molecule has 0 radical (unpaired) electrons. The normalized spacial score (nSPS) is 16.6. The Hall–Kier alpha value is -4.86. The summed E-state index contributed by atoms with van der Waals surface area (Å²) in [6.07, 6.45) is 2.92. The van der Waals surface area contributed by atoms with E-state index in [9.17, 15) is 33.2 Å². The number of nitro groups is 1. The highest BCUT2D eigenvalue weighted by Gasteiger charge is 2.33. The zero-order chi connectivity index (χ0) is 35.5. The number of hydrogen-bond donors (Lipinski definition) is 3. The number of carboxylic acid groups (broad SMARTS) is 1. The van der Waals surface area contributed by atoms with Crippen LogP contribution >= 0.6 is 11.3 Å². The lowest BCUT2D eigenvalue weighted by molar-refractivity contribution is -0.384. The van der Waals surface area contributed by atoms with Crippen LogP contribution in [0, 0.1) is 10.1 Å². The van der Waals surface area contributed by atoms with E-state index >= 15 is 0 Å². The molecule has 0 saturated heterocycles. The van der Waals surface area contributed by atoms with Gasteiger partial charge in [-0.3, -0.25) is 19.9 Å². The molecule has 0 atom stereocenters. The van der Waals surface area contributed by atoms with Crippen LogP contribution in [0.4, 0.5) is 26.7 Å². The molecule has 4 aromatic rings. The van der Waals surface area contributed by atoms with E-state index < -0.39 is 32.6 Å². The van der Waals surface area contributed by atoms with E-state index in [2.05, 4.69) is 9.71 Å². The fraction of sp³-hybridized carbons (Fsp3) is 0.324. The summed E-state index contributed by atoms with van der Waals surface area (Å²) < 4.78 is 30.4. The molecule has 0 aliphatic heterocycles. The molecular formula is C34H38N6O7S2. The Labute approximate surface area is 288 Å². The molecule has 4 N–H and O–H groups in total. The van der Waals surface area contributed by atoms with E-state index in [0.717, 1.165) is 10.6 Å². The quantitative estimate of drug-likeness (QED) is 0.115. The highest BCUT2D eigenvalue weighted by atomic mass is 32.2. The Bertz CT molecular complexity index is 1940. The second-order valence-electron chi connectivity index (χ2n) is 12.9. The SMILES string of the molecule is CC(C)(C)NS(=O)(=O)c1cc(N(Cc2ccccc2)C(N)=O)ccc1-c1cnc(C2CCC(N(C(=O)O)c3ccc([N+](=O)[O-])cc3)CC2)s1. The lowest BCUT2D eigenvalue weighted by Gasteiger charge is -2.34. The Morgan fingerprint density at radius 1 is 1.02 bits per heavy atom. The number of aromatic nitrogens is 1. The van der Waals surface area contributed by atoms with Gasteiger partial charge >= 0.3 is 12.1 Å². The predicted octanol–water partition coefficient (Wildman–Crippen LogP) is 7.09. The van der Waals surface area contributed by atoms with Gasteiger partial charge in [-0.05, 0) is 76.3 Å². The van der Waals surface area contributed by atoms with Gasteiger partial charge < -0.3 is 10.8 Å². The van der Waals surface area contributed by atoms with Gasteiger partial charge in [0.2, 0.25) is 10.0 Å². The summed E-state index contributed by atoms with van der Waals surface area (Å²) in [5.74, 6) is 0.0331. The van der Waals surface area contributed by atoms with E-state index in [0.29, 0.717) is 47.5 Å². The van der Waals surface area contributed by atoms with Crippen LogP contribution in [0.3, 0.4) is 0 Å². The lowest BCUT2D eigenvalue weighted by atomic mass is 9.85. The molecule has 5 rings (SSSR count). The smallest absolute Gasteiger partial charge is 0.412 e. The number of sulfonamides is 1. The molecule has 1 aliphatic carbocycles. The van der Waals surface area contributed by atoms with Crippen molar-refractivity contribution >= 4 is 50.5 Å². The van der Waals surface area contributed by atoms with Crippen molar-refractivity contribution in [2.45, 2.75) is 75.4 Å². The largest absolute Gasteiger partial charge is 0.465 e. The number of urea groups is 1. The van der Waals surface area contributed by atoms with Gasteiger partial charge in [-0.25, -0.2) is 27.7 Å². The molecule has 49 heavy (non-hydrogen) atoms. The summed E-state index contributed by atoms with van der Waals surface area (Å²) in [6.45, 7) is 5.38. The number of carbonyl (C=O) groups excluding carboxylic acids is 1. The summed E-state index contributed by atoms with van der Waals surface area (Å²) in [4.78, 5) is 43.2. The van der Waals surface area contributed by atoms with Gasteiger partial charge in [0.1, 0.15) is 0 Å². The predicted molar refractivity (Wildman–Crippen MR) is 188 cm³/mol. The highest BCUT2D eigenvalue weighted by molar-refractivity contribution is 7.89. The van der Waals surface area contributed by atoms with Crippen LogP contribution in [-0.4, -0.2) is 47.1 Å². The number of thiazole rings is 1. The van der Waals surface area contributed by atoms with E-state index in [1.165, 1.54) is 51.5 Å². The first-order valence-corrected chi connectivity index (χ1v) is 17.9. The number of nitrogens with zero attached hydrogens (tertiary/aromatic N) is 4. The van der Waals surface area contributed by atoms with Crippen molar-refractivity contribution in [2.75, 3.05) is 9.80 Å². The number of rotatable bonds is 10. The number of carbonyl (C=O) groups is 2. The van der Waals surface area contributed by atoms with Crippen molar-refractivity contribution in [2.24, 2.45) is 5.73 Å². The standard InChI is InChI=1S/C34H38N6O7S2/c1-34(2,3)37-49(46,47)30-19-27(38(32(35)41)21-22-7-5-4-6-8-22)17-18-28(30)29-20-36-31(48-29)23-9-11-24(12-10-23)39(33(42)43)25-13-15-26(16-14-25)40(44)45/h4-8,13-20,23-24,37H,9-12,21H2,1-3H3,(H2,35,41)(H,42,43). The molecule has 258 valence electrons. The Kier molecular flexibility index (Phi) is 10.4. The first kappa shape index (κ1) is 35.4. The first-order valence-electron chi connectivity index (χ1n) is 15.6. The molecule has 13 nitrogen and oxygen atoms in total. The van der Waals surface area contributed by atoms with Gasteiger partial charge in [-0.15, -0.1) is 11.3 Å². The molecule has 0 unspecified atom stereocenters. The van der Waals surface area contributed by atoms with Crippen molar-refractivity contribution in [3.05, 3.63) is 99.7 Å². The molecule has 1 saturated carbocycles. The van der Waals surface area contributed by atoms with Gasteiger partial charge in [-0.1, -0.05) is 36.4 Å². The molecule has 1 aliphatic rings. The average molecular weight is 707 g/mol. The van der Waals surface area contributed by atoms with Gasteiger partial charge in [0.05, 0.1) is 26.2 Å². The van der Waals surface area contributed by atoms with E-state index in [1.54, 1.807) is 39.1 Å². The lowest BCUT2D eigenvalue weighted by Crippen LogP contribution is -2.41. The van der Waals surface area contributed by atoms with Crippen LogP contribution in [0.15, 0.2) is 83.9 Å². The van der Waals surface area contributed by atoms with E-state index in [1.807, 2.05) is 30.3 Å². The second-order valence-corrected chi connectivity index (χ2v) is 15.7. The fourth-order valence-corrected chi connectivity index (χ4v) is 8.87. The maximum atomic E-state index is 13.8. The zero-order valence-electron chi connectivity index (χ0n) is 27.3. The minimum Gasteiger partial charge on any atom is -0.465 e. The Morgan fingerprint density at radius 2 is 1.65 bits per heavy atom. The summed E-state index contributed by atoms with van der Waals surface area (Å²) in [6, 6.07) is 18.5. The topological polar surface area (TPSA) is 189 Å². The molecule has 1 aromatic heterocycles. The summed E-state index contributed by atoms with van der Waals surface area (Å²) in [7, 11) is -4.07. The minimum atomic E-state index is -4.07. The molecule has 0 bridgehead atoms. The molecular weight excluding hydrogens is 669 g/mol. The average Bonchev–Trinajstić information content (AvgIpc) is 3.53. The number of nitro benzene ring substituents is 1. The molecule has 3 amide bonds. The van der Waals surface area contributed by atoms with Gasteiger partial charge in [0.25, 0.3) is 5.69 Å². The van der Waals surface area contributed by atoms with Crippen LogP contribution in [0.2, 0.25) is 0 Å². The van der Waals surface area contributed by atoms with Crippen LogP contribution in [0.5, 0.6) is 0 Å². The van der Waals surface area contributed by atoms with Crippen LogP contribution in [0.25, 0.3) is 10.4 Å². The fourth-order valence-electron chi connectivity index (χ4n) is 6.02. The summed E-state index contributed by atoms with van der Waals surface area (Å²) in [5, 5.41) is 21.8. The third-order valence-electron chi connectivity index (χ3n) is 8.20. The van der Waals surface area contributed by atoms with Gasteiger partial charge in [0, 0.05) is 52.8 Å². The molecule has 15 heteroatoms. The summed E-state index contributed by atoms with van der Waals surface area (Å²) >= 11 is 1.38. The number of nitrogens with two attached hydrogens (primary N) is 1. The van der Waals surface area contributed by atoms with Crippen LogP contribution in [0.1, 0.15) is 62.9 Å². The Balaban J connectivity index is 1.41. The molecule has 1 heterocycles. The van der Waals surface area contributed by atoms with E-state index in [-0.39, 0.29) is 29.1 Å². The zero-order valence-corrected chi connectivity index (χ0v) is 28.9. The summed E-state index contributed by atoms with van der Waals surface area (Å²) in [5.41, 5.74) is 6.81.